The van der Waals surface area contributed by atoms with Crippen molar-refractivity contribution in [1.29, 1.82) is 0 Å². The molecule has 1 aliphatic heterocycles. The molecule has 1 atom stereocenters. The second kappa shape index (κ2) is 1.64. The Morgan fingerprint density at radius 1 is 1.50 bits per heavy atom. The quantitative estimate of drug-likeness (QED) is 0.316. The Kier molecular flexibility index (Phi) is 1.22. The molecule has 0 saturated carbocycles. The van der Waals surface area contributed by atoms with Crippen molar-refractivity contribution in [3.05, 3.63) is 0 Å². The zero-order chi connectivity index (χ0) is 6.20. The predicted octanol–water partition coefficient (Wildman–Crippen LogP) is -2.15. The van der Waals surface area contributed by atoms with Gasteiger partial charge in [-0.1, -0.05) is 0 Å². The molecule has 0 bridgehead atoms. The van der Waals surface area contributed by atoms with Crippen LogP contribution in [0.15, 0.2) is 0 Å². The molecule has 0 aromatic carbocycles. The van der Waals surface area contributed by atoms with Crippen LogP contribution in [0.1, 0.15) is 0 Å². The standard InChI is InChI=1S/C3H9N3O2/c4-2-1-7-3(5,6)8-2/h2H,1,4-6H2. The highest BCUT2D eigenvalue weighted by atomic mass is 16.8. The summed E-state index contributed by atoms with van der Waals surface area (Å²) in [6.45, 7) is 0.257. The van der Waals surface area contributed by atoms with Gasteiger partial charge in [0.25, 0.3) is 6.03 Å². The van der Waals surface area contributed by atoms with E-state index < -0.39 is 12.3 Å². The second-order valence-corrected chi connectivity index (χ2v) is 1.69. The molecule has 1 aliphatic rings. The largest absolute Gasteiger partial charge is 0.321 e. The van der Waals surface area contributed by atoms with Gasteiger partial charge in [0.2, 0.25) is 0 Å². The van der Waals surface area contributed by atoms with E-state index in [1.807, 2.05) is 0 Å². The van der Waals surface area contributed by atoms with E-state index in [9.17, 15) is 0 Å². The molecule has 1 heterocycles. The zero-order valence-corrected chi connectivity index (χ0v) is 4.33. The third-order valence-corrected chi connectivity index (χ3v) is 0.809. The lowest BCUT2D eigenvalue weighted by Gasteiger charge is -2.14. The number of rotatable bonds is 0. The Bertz CT molecular complexity index is 94.5. The van der Waals surface area contributed by atoms with Gasteiger partial charge >= 0.3 is 0 Å². The highest BCUT2D eigenvalue weighted by Gasteiger charge is 2.31. The van der Waals surface area contributed by atoms with Crippen molar-refractivity contribution in [1.82, 2.24) is 0 Å². The Labute approximate surface area is 46.7 Å². The molecular weight excluding hydrogens is 110 g/mol. The molecule has 1 rings (SSSR count). The highest BCUT2D eigenvalue weighted by Crippen LogP contribution is 2.07. The van der Waals surface area contributed by atoms with Crippen molar-refractivity contribution < 1.29 is 9.47 Å². The van der Waals surface area contributed by atoms with Gasteiger partial charge in [0.05, 0.1) is 6.61 Å². The third-order valence-electron chi connectivity index (χ3n) is 0.809. The Morgan fingerprint density at radius 3 is 2.25 bits per heavy atom. The average molecular weight is 119 g/mol. The SMILES string of the molecule is NC1COC(N)(N)O1. The molecule has 1 unspecified atom stereocenters. The van der Waals surface area contributed by atoms with Crippen LogP contribution in [0.25, 0.3) is 0 Å². The van der Waals surface area contributed by atoms with Crippen molar-refractivity contribution >= 4 is 0 Å². The minimum Gasteiger partial charge on any atom is -0.321 e. The second-order valence-electron chi connectivity index (χ2n) is 1.69. The number of hydrogen-bond donors (Lipinski definition) is 3. The molecule has 0 aliphatic carbocycles. The summed E-state index contributed by atoms with van der Waals surface area (Å²) in [5.74, 6) is 0. The van der Waals surface area contributed by atoms with E-state index in [0.29, 0.717) is 0 Å². The molecule has 5 nitrogen and oxygen atoms in total. The summed E-state index contributed by atoms with van der Waals surface area (Å²) in [5.41, 5.74) is 15.4. The van der Waals surface area contributed by atoms with Gasteiger partial charge in [-0.25, -0.2) is 0 Å². The topological polar surface area (TPSA) is 96.5 Å². The molecule has 6 N–H and O–H groups in total. The zero-order valence-electron chi connectivity index (χ0n) is 4.33. The van der Waals surface area contributed by atoms with E-state index in [1.54, 1.807) is 0 Å². The maximum Gasteiger partial charge on any atom is 0.288 e. The third kappa shape index (κ3) is 1.15. The Hall–Kier alpha value is -0.200. The van der Waals surface area contributed by atoms with Gasteiger partial charge in [0.15, 0.2) is 0 Å². The summed E-state index contributed by atoms with van der Waals surface area (Å²) in [6.07, 6.45) is -0.481. The summed E-state index contributed by atoms with van der Waals surface area (Å²) < 4.78 is 9.32. The fourth-order valence-corrected chi connectivity index (χ4v) is 0.517. The molecule has 48 valence electrons. The lowest BCUT2D eigenvalue weighted by atomic mass is 10.7. The average Bonchev–Trinajstić information content (AvgIpc) is 1.82. The maximum atomic E-state index is 5.20. The molecule has 0 aromatic rings. The number of ether oxygens (including phenoxy) is 2. The van der Waals surface area contributed by atoms with Gasteiger partial charge in [0.1, 0.15) is 6.23 Å². The van der Waals surface area contributed by atoms with E-state index in [4.69, 9.17) is 17.2 Å². The fraction of sp³-hybridized carbons (Fsp3) is 1.00. The van der Waals surface area contributed by atoms with E-state index in [2.05, 4.69) is 9.47 Å². The minimum absolute atomic E-state index is 0.257. The molecule has 0 radical (unpaired) electrons. The first-order chi connectivity index (χ1) is 3.60. The van der Waals surface area contributed by atoms with Crippen LogP contribution in [0.2, 0.25) is 0 Å². The Balaban J connectivity index is 2.44. The Morgan fingerprint density at radius 2 is 2.12 bits per heavy atom. The molecular formula is C3H9N3O2. The molecule has 1 saturated heterocycles. The summed E-state index contributed by atoms with van der Waals surface area (Å²) in [6, 6.07) is -1.46. The smallest absolute Gasteiger partial charge is 0.288 e. The van der Waals surface area contributed by atoms with Crippen molar-refractivity contribution in [2.75, 3.05) is 6.61 Å². The lowest BCUT2D eigenvalue weighted by molar-refractivity contribution is -0.157. The van der Waals surface area contributed by atoms with Gasteiger partial charge < -0.3 is 15.2 Å². The van der Waals surface area contributed by atoms with Gasteiger partial charge in [-0.05, 0) is 0 Å². The van der Waals surface area contributed by atoms with Crippen LogP contribution in [0.3, 0.4) is 0 Å². The van der Waals surface area contributed by atoms with Crippen LogP contribution < -0.4 is 17.2 Å². The molecule has 1 fully saturated rings. The number of hydrogen-bond acceptors (Lipinski definition) is 5. The van der Waals surface area contributed by atoms with E-state index in [0.717, 1.165) is 0 Å². The van der Waals surface area contributed by atoms with Crippen molar-refractivity contribution in [3.63, 3.8) is 0 Å². The van der Waals surface area contributed by atoms with Gasteiger partial charge in [0, 0.05) is 0 Å². The first-order valence-electron chi connectivity index (χ1n) is 2.25. The van der Waals surface area contributed by atoms with Gasteiger partial charge in [-0.2, -0.15) is 0 Å². The number of nitrogens with two attached hydrogens (primary N) is 3. The van der Waals surface area contributed by atoms with Crippen molar-refractivity contribution in [3.8, 4) is 0 Å². The minimum atomic E-state index is -1.46. The molecule has 8 heavy (non-hydrogen) atoms. The van der Waals surface area contributed by atoms with Crippen molar-refractivity contribution in [2.24, 2.45) is 17.2 Å². The summed E-state index contributed by atoms with van der Waals surface area (Å²) in [5, 5.41) is 0. The lowest BCUT2D eigenvalue weighted by Crippen LogP contribution is -2.51. The van der Waals surface area contributed by atoms with Crippen LogP contribution >= 0.6 is 0 Å². The summed E-state index contributed by atoms with van der Waals surface area (Å²) in [4.78, 5) is 0. The molecule has 5 heteroatoms. The van der Waals surface area contributed by atoms with Gasteiger partial charge in [-0.3, -0.25) is 11.5 Å². The summed E-state index contributed by atoms with van der Waals surface area (Å²) >= 11 is 0. The fourth-order valence-electron chi connectivity index (χ4n) is 0.517. The normalized spacial score (nSPS) is 35.6. The van der Waals surface area contributed by atoms with Crippen LogP contribution in [-0.4, -0.2) is 18.9 Å². The van der Waals surface area contributed by atoms with Crippen LogP contribution in [-0.2, 0) is 9.47 Å². The monoisotopic (exact) mass is 119 g/mol. The van der Waals surface area contributed by atoms with Crippen molar-refractivity contribution in [2.45, 2.75) is 12.3 Å². The van der Waals surface area contributed by atoms with E-state index in [-0.39, 0.29) is 6.61 Å². The molecule has 0 aromatic heterocycles. The molecule has 0 amide bonds. The van der Waals surface area contributed by atoms with E-state index >= 15 is 0 Å². The maximum absolute atomic E-state index is 5.20. The van der Waals surface area contributed by atoms with Gasteiger partial charge in [-0.15, -0.1) is 0 Å². The summed E-state index contributed by atoms with van der Waals surface area (Å²) in [7, 11) is 0. The van der Waals surface area contributed by atoms with E-state index in [1.165, 1.54) is 0 Å². The first-order valence-corrected chi connectivity index (χ1v) is 2.25. The van der Waals surface area contributed by atoms with Crippen LogP contribution in [0.5, 0.6) is 0 Å². The van der Waals surface area contributed by atoms with Crippen LogP contribution in [0, 0.1) is 0 Å². The predicted molar refractivity (Wildman–Crippen MR) is 26.1 cm³/mol. The first kappa shape index (κ1) is 5.93. The molecule has 0 spiro atoms. The highest BCUT2D eigenvalue weighted by molar-refractivity contribution is 4.61. The van der Waals surface area contributed by atoms with Crippen LogP contribution in [0.4, 0.5) is 0 Å².